The normalized spacial score (nSPS) is 11.3. The third kappa shape index (κ3) is 4.33. The lowest BCUT2D eigenvalue weighted by molar-refractivity contribution is 0.619. The summed E-state index contributed by atoms with van der Waals surface area (Å²) >= 11 is 0. The van der Waals surface area contributed by atoms with Crippen LogP contribution in [0, 0.1) is 12.7 Å². The Morgan fingerprint density at radius 1 is 0.962 bits per heavy atom. The van der Waals surface area contributed by atoms with Gasteiger partial charge in [-0.3, -0.25) is 4.98 Å². The van der Waals surface area contributed by atoms with Crippen molar-refractivity contribution < 1.29 is 4.39 Å². The van der Waals surface area contributed by atoms with Crippen LogP contribution in [-0.4, -0.2) is 20.5 Å². The predicted molar refractivity (Wildman–Crippen MR) is 103 cm³/mol. The van der Waals surface area contributed by atoms with Gasteiger partial charge in [-0.05, 0) is 52.0 Å². The molecule has 6 heteroatoms. The fraction of sp³-hybridized carbons (Fsp3) is 0.250. The Morgan fingerprint density at radius 2 is 1.77 bits per heavy atom. The van der Waals surface area contributed by atoms with E-state index in [9.17, 15) is 4.39 Å². The van der Waals surface area contributed by atoms with Gasteiger partial charge >= 0.3 is 0 Å². The minimum Gasteiger partial charge on any atom is -0.350 e. The Hall–Kier alpha value is -3.02. The van der Waals surface area contributed by atoms with Crippen LogP contribution in [0.1, 0.15) is 26.3 Å². The summed E-state index contributed by atoms with van der Waals surface area (Å²) in [6.45, 7) is 7.84. The van der Waals surface area contributed by atoms with Gasteiger partial charge < -0.3 is 10.6 Å². The molecule has 0 atom stereocenters. The number of nitrogens with one attached hydrogen (secondary N) is 2. The van der Waals surface area contributed by atoms with Gasteiger partial charge in [-0.1, -0.05) is 12.1 Å². The summed E-state index contributed by atoms with van der Waals surface area (Å²) in [5, 5.41) is 6.47. The first kappa shape index (κ1) is 17.8. The van der Waals surface area contributed by atoms with Crippen LogP contribution >= 0.6 is 0 Å². The lowest BCUT2D eigenvalue weighted by Gasteiger charge is -2.21. The van der Waals surface area contributed by atoms with Crippen LogP contribution in [0.25, 0.3) is 11.4 Å². The lowest BCUT2D eigenvalue weighted by atomic mass is 10.1. The van der Waals surface area contributed by atoms with Crippen molar-refractivity contribution in [2.45, 2.75) is 33.2 Å². The molecule has 0 unspecified atom stereocenters. The zero-order valence-corrected chi connectivity index (χ0v) is 15.3. The van der Waals surface area contributed by atoms with E-state index in [-0.39, 0.29) is 11.4 Å². The zero-order chi connectivity index (χ0) is 18.7. The molecule has 3 rings (SSSR count). The molecule has 26 heavy (non-hydrogen) atoms. The molecule has 0 bridgehead atoms. The Morgan fingerprint density at radius 3 is 2.46 bits per heavy atom. The summed E-state index contributed by atoms with van der Waals surface area (Å²) in [4.78, 5) is 13.5. The van der Waals surface area contributed by atoms with Gasteiger partial charge in [0, 0.05) is 29.1 Å². The number of nitrogens with zero attached hydrogens (tertiary/aromatic N) is 3. The highest BCUT2D eigenvalue weighted by Gasteiger charge is 2.15. The average molecular weight is 351 g/mol. The first-order valence-corrected chi connectivity index (χ1v) is 8.43. The quantitative estimate of drug-likeness (QED) is 0.697. The van der Waals surface area contributed by atoms with Gasteiger partial charge in [0.05, 0.1) is 11.4 Å². The molecule has 5 nitrogen and oxygen atoms in total. The maximum atomic E-state index is 13.8. The molecule has 2 aromatic heterocycles. The maximum absolute atomic E-state index is 13.8. The van der Waals surface area contributed by atoms with E-state index in [4.69, 9.17) is 0 Å². The molecule has 0 spiro atoms. The minimum atomic E-state index is -0.262. The lowest BCUT2D eigenvalue weighted by Crippen LogP contribution is -2.27. The van der Waals surface area contributed by atoms with Crippen LogP contribution in [0.4, 0.5) is 21.8 Å². The van der Waals surface area contributed by atoms with Gasteiger partial charge in [0.1, 0.15) is 11.6 Å². The summed E-state index contributed by atoms with van der Waals surface area (Å²) in [6, 6.07) is 12.4. The van der Waals surface area contributed by atoms with Crippen molar-refractivity contribution in [1.82, 2.24) is 15.0 Å². The van der Waals surface area contributed by atoms with E-state index >= 15 is 0 Å². The maximum Gasteiger partial charge on any atom is 0.225 e. The number of benzene rings is 1. The second kappa shape index (κ2) is 7.07. The molecule has 0 radical (unpaired) electrons. The second-order valence-corrected chi connectivity index (χ2v) is 7.09. The number of hydrogen-bond acceptors (Lipinski definition) is 5. The summed E-state index contributed by atoms with van der Waals surface area (Å²) in [6.07, 6.45) is 1.72. The van der Waals surface area contributed by atoms with Crippen LogP contribution < -0.4 is 10.6 Å². The number of aromatic nitrogens is 3. The van der Waals surface area contributed by atoms with E-state index < -0.39 is 0 Å². The Labute approximate surface area is 152 Å². The first-order chi connectivity index (χ1) is 12.3. The highest BCUT2D eigenvalue weighted by Crippen LogP contribution is 2.25. The molecule has 0 amide bonds. The summed E-state index contributed by atoms with van der Waals surface area (Å²) in [5.41, 5.74) is 2.43. The molecule has 134 valence electrons. The fourth-order valence-electron chi connectivity index (χ4n) is 2.43. The molecule has 0 fully saturated rings. The second-order valence-electron chi connectivity index (χ2n) is 7.09. The first-order valence-electron chi connectivity index (χ1n) is 8.43. The van der Waals surface area contributed by atoms with E-state index in [1.54, 1.807) is 25.3 Å². The Kier molecular flexibility index (Phi) is 4.84. The molecular formula is C20H22FN5. The average Bonchev–Trinajstić information content (AvgIpc) is 2.58. The fourth-order valence-corrected chi connectivity index (χ4v) is 2.43. The number of pyridine rings is 1. The molecule has 0 saturated carbocycles. The number of halogens is 1. The highest BCUT2D eigenvalue weighted by molar-refractivity contribution is 5.67. The Balaban J connectivity index is 2.03. The van der Waals surface area contributed by atoms with Gasteiger partial charge in [-0.2, -0.15) is 4.98 Å². The van der Waals surface area contributed by atoms with Gasteiger partial charge in [-0.15, -0.1) is 0 Å². The van der Waals surface area contributed by atoms with E-state index in [0.717, 1.165) is 5.69 Å². The summed E-state index contributed by atoms with van der Waals surface area (Å²) in [5.74, 6) is 0.792. The highest BCUT2D eigenvalue weighted by atomic mass is 19.1. The van der Waals surface area contributed by atoms with E-state index in [0.29, 0.717) is 28.7 Å². The van der Waals surface area contributed by atoms with Crippen molar-refractivity contribution in [2.24, 2.45) is 0 Å². The van der Waals surface area contributed by atoms with Crippen molar-refractivity contribution in [2.75, 3.05) is 10.6 Å². The third-order valence-corrected chi connectivity index (χ3v) is 3.67. The molecule has 2 N–H and O–H groups in total. The molecule has 1 aromatic carbocycles. The Bertz CT molecular complexity index is 904. The molecule has 0 aliphatic rings. The third-order valence-electron chi connectivity index (χ3n) is 3.67. The molecule has 2 heterocycles. The van der Waals surface area contributed by atoms with Crippen LogP contribution in [0.15, 0.2) is 48.7 Å². The van der Waals surface area contributed by atoms with Gasteiger partial charge in [0.2, 0.25) is 5.95 Å². The van der Waals surface area contributed by atoms with E-state index in [1.165, 1.54) is 6.07 Å². The van der Waals surface area contributed by atoms with Crippen molar-refractivity contribution in [3.63, 3.8) is 0 Å². The zero-order valence-electron chi connectivity index (χ0n) is 15.3. The summed E-state index contributed by atoms with van der Waals surface area (Å²) < 4.78 is 13.8. The monoisotopic (exact) mass is 351 g/mol. The standard InChI is InChI=1S/C20H22FN5/c1-13-14(21)8-7-10-15(13)23-18-12-17(16-9-5-6-11-22-16)24-19(25-18)26-20(2,3)4/h5-12H,1-4H3,(H2,23,24,25,26). The topological polar surface area (TPSA) is 62.7 Å². The molecule has 0 aliphatic heterocycles. The molecule has 0 aliphatic carbocycles. The van der Waals surface area contributed by atoms with Crippen molar-refractivity contribution in [1.29, 1.82) is 0 Å². The minimum absolute atomic E-state index is 0.200. The number of hydrogen-bond donors (Lipinski definition) is 2. The van der Waals surface area contributed by atoms with Crippen LogP contribution in [0.5, 0.6) is 0 Å². The van der Waals surface area contributed by atoms with Gasteiger partial charge in [0.25, 0.3) is 0 Å². The van der Waals surface area contributed by atoms with E-state index in [2.05, 4.69) is 25.6 Å². The smallest absolute Gasteiger partial charge is 0.225 e. The summed E-state index contributed by atoms with van der Waals surface area (Å²) in [7, 11) is 0. The van der Waals surface area contributed by atoms with Crippen LogP contribution in [0.2, 0.25) is 0 Å². The van der Waals surface area contributed by atoms with E-state index in [1.807, 2.05) is 45.0 Å². The van der Waals surface area contributed by atoms with Crippen molar-refractivity contribution >= 4 is 17.5 Å². The van der Waals surface area contributed by atoms with Crippen molar-refractivity contribution in [3.05, 3.63) is 60.0 Å². The number of anilines is 3. The SMILES string of the molecule is Cc1c(F)cccc1Nc1cc(-c2ccccn2)nc(NC(C)(C)C)n1. The predicted octanol–water partition coefficient (Wildman–Crippen LogP) is 4.94. The molecule has 0 saturated heterocycles. The number of rotatable bonds is 4. The largest absolute Gasteiger partial charge is 0.350 e. The van der Waals surface area contributed by atoms with Gasteiger partial charge in [0.15, 0.2) is 0 Å². The molecule has 3 aromatic rings. The molecular weight excluding hydrogens is 329 g/mol. The van der Waals surface area contributed by atoms with Crippen LogP contribution in [0.3, 0.4) is 0 Å². The van der Waals surface area contributed by atoms with Crippen molar-refractivity contribution in [3.8, 4) is 11.4 Å². The van der Waals surface area contributed by atoms with Crippen LogP contribution in [-0.2, 0) is 0 Å². The van der Waals surface area contributed by atoms with Gasteiger partial charge in [-0.25, -0.2) is 9.37 Å².